The van der Waals surface area contributed by atoms with Crippen LogP contribution < -0.4 is 14.8 Å². The van der Waals surface area contributed by atoms with Gasteiger partial charge < -0.3 is 14.8 Å². The van der Waals surface area contributed by atoms with Crippen LogP contribution >= 0.6 is 0 Å². The number of anilines is 1. The third kappa shape index (κ3) is 5.01. The summed E-state index contributed by atoms with van der Waals surface area (Å²) < 4.78 is 11.4. The minimum Gasteiger partial charge on any atom is -0.491 e. The zero-order chi connectivity index (χ0) is 17.5. The van der Waals surface area contributed by atoms with Gasteiger partial charge in [0.2, 0.25) is 0 Å². The zero-order valence-electron chi connectivity index (χ0n) is 14.8. The molecule has 1 amide bonds. The van der Waals surface area contributed by atoms with Gasteiger partial charge in [0.25, 0.3) is 5.91 Å². The van der Waals surface area contributed by atoms with E-state index in [0.29, 0.717) is 24.0 Å². The van der Waals surface area contributed by atoms with E-state index in [0.717, 1.165) is 16.9 Å². The summed E-state index contributed by atoms with van der Waals surface area (Å²) in [6.07, 6.45) is 0. The molecule has 0 aliphatic heterocycles. The quantitative estimate of drug-likeness (QED) is 0.822. The molecule has 0 spiro atoms. The largest absolute Gasteiger partial charge is 0.491 e. The molecular weight excluding hydrogens is 302 g/mol. The Morgan fingerprint density at radius 3 is 2.46 bits per heavy atom. The van der Waals surface area contributed by atoms with Crippen molar-refractivity contribution in [2.45, 2.75) is 27.7 Å². The van der Waals surface area contributed by atoms with Crippen LogP contribution in [0.15, 0.2) is 42.5 Å². The summed E-state index contributed by atoms with van der Waals surface area (Å²) in [5.41, 5.74) is 2.85. The first-order valence-corrected chi connectivity index (χ1v) is 8.18. The predicted octanol–water partition coefficient (Wildman–Crippen LogP) is 4.36. The smallest absolute Gasteiger partial charge is 0.262 e. The van der Waals surface area contributed by atoms with Crippen molar-refractivity contribution in [3.63, 3.8) is 0 Å². The summed E-state index contributed by atoms with van der Waals surface area (Å²) in [5, 5.41) is 2.85. The lowest BCUT2D eigenvalue weighted by Gasteiger charge is -2.14. The third-order valence-corrected chi connectivity index (χ3v) is 3.65. The Kier molecular flexibility index (Phi) is 6.24. The molecule has 0 aliphatic carbocycles. The molecule has 0 heterocycles. The average Bonchev–Trinajstić information content (AvgIpc) is 2.55. The van der Waals surface area contributed by atoms with Crippen LogP contribution in [0.25, 0.3) is 0 Å². The van der Waals surface area contributed by atoms with Gasteiger partial charge in [-0.15, -0.1) is 0 Å². The maximum Gasteiger partial charge on any atom is 0.262 e. The van der Waals surface area contributed by atoms with E-state index in [1.54, 1.807) is 0 Å². The summed E-state index contributed by atoms with van der Waals surface area (Å²) in [6, 6.07) is 13.2. The van der Waals surface area contributed by atoms with Crippen LogP contribution in [0.1, 0.15) is 25.0 Å². The summed E-state index contributed by atoms with van der Waals surface area (Å²) in [4.78, 5) is 12.2. The van der Waals surface area contributed by atoms with E-state index in [2.05, 4.69) is 19.2 Å². The summed E-state index contributed by atoms with van der Waals surface area (Å²) in [5.74, 6) is 1.61. The van der Waals surface area contributed by atoms with Crippen molar-refractivity contribution >= 4 is 11.6 Å². The van der Waals surface area contributed by atoms with Crippen molar-refractivity contribution in [1.82, 2.24) is 0 Å². The number of nitrogens with one attached hydrogen (secondary N) is 1. The van der Waals surface area contributed by atoms with Crippen LogP contribution in [0.3, 0.4) is 0 Å². The first-order chi connectivity index (χ1) is 11.5. The van der Waals surface area contributed by atoms with E-state index in [9.17, 15) is 4.79 Å². The SMILES string of the molecule is Cc1cccc(OCC(=O)Nc2ccccc2OCC(C)C)c1C. The number of benzene rings is 2. The lowest BCUT2D eigenvalue weighted by atomic mass is 10.1. The third-order valence-electron chi connectivity index (χ3n) is 3.65. The molecule has 128 valence electrons. The van der Waals surface area contributed by atoms with Crippen LogP contribution in [-0.2, 0) is 4.79 Å². The molecule has 0 radical (unpaired) electrons. The first-order valence-electron chi connectivity index (χ1n) is 8.18. The Labute approximate surface area is 143 Å². The molecule has 4 heteroatoms. The minimum atomic E-state index is -0.212. The second-order valence-corrected chi connectivity index (χ2v) is 6.24. The fraction of sp³-hybridized carbons (Fsp3) is 0.350. The van der Waals surface area contributed by atoms with Gasteiger partial charge in [-0.2, -0.15) is 0 Å². The highest BCUT2D eigenvalue weighted by Crippen LogP contribution is 2.24. The molecule has 0 fully saturated rings. The van der Waals surface area contributed by atoms with Gasteiger partial charge in [-0.05, 0) is 49.1 Å². The normalized spacial score (nSPS) is 10.5. The van der Waals surface area contributed by atoms with E-state index in [1.165, 1.54) is 0 Å². The van der Waals surface area contributed by atoms with Crippen molar-refractivity contribution < 1.29 is 14.3 Å². The van der Waals surface area contributed by atoms with Crippen molar-refractivity contribution in [2.24, 2.45) is 5.92 Å². The van der Waals surface area contributed by atoms with Crippen LogP contribution in [0.2, 0.25) is 0 Å². The second kappa shape index (κ2) is 8.39. The molecular formula is C20H25NO3. The molecule has 2 rings (SSSR count). The van der Waals surface area contributed by atoms with Crippen LogP contribution in [-0.4, -0.2) is 19.1 Å². The predicted molar refractivity (Wildman–Crippen MR) is 96.8 cm³/mol. The summed E-state index contributed by atoms with van der Waals surface area (Å²) >= 11 is 0. The van der Waals surface area contributed by atoms with Gasteiger partial charge in [0.15, 0.2) is 6.61 Å². The lowest BCUT2D eigenvalue weighted by molar-refractivity contribution is -0.118. The summed E-state index contributed by atoms with van der Waals surface area (Å²) in [6.45, 7) is 8.73. The molecule has 2 aromatic rings. The molecule has 24 heavy (non-hydrogen) atoms. The Balaban J connectivity index is 1.96. The topological polar surface area (TPSA) is 47.6 Å². The number of carbonyl (C=O) groups excluding carboxylic acids is 1. The molecule has 2 aromatic carbocycles. The number of aryl methyl sites for hydroxylation is 1. The maximum absolute atomic E-state index is 12.2. The molecule has 0 atom stereocenters. The van der Waals surface area contributed by atoms with Crippen molar-refractivity contribution in [2.75, 3.05) is 18.5 Å². The summed E-state index contributed by atoms with van der Waals surface area (Å²) in [7, 11) is 0. The van der Waals surface area contributed by atoms with Crippen LogP contribution in [0.4, 0.5) is 5.69 Å². The Morgan fingerprint density at radius 2 is 1.71 bits per heavy atom. The van der Waals surface area contributed by atoms with Gasteiger partial charge in [0.05, 0.1) is 12.3 Å². The average molecular weight is 327 g/mol. The van der Waals surface area contributed by atoms with E-state index in [1.807, 2.05) is 56.3 Å². The van der Waals surface area contributed by atoms with E-state index < -0.39 is 0 Å². The standard InChI is InChI=1S/C20H25NO3/c1-14(2)12-23-19-10-6-5-9-17(19)21-20(22)13-24-18-11-7-8-15(3)16(18)4/h5-11,14H,12-13H2,1-4H3,(H,21,22). The van der Waals surface area contributed by atoms with Crippen molar-refractivity contribution in [3.8, 4) is 11.5 Å². The number of hydrogen-bond acceptors (Lipinski definition) is 3. The second-order valence-electron chi connectivity index (χ2n) is 6.24. The Morgan fingerprint density at radius 1 is 1.00 bits per heavy atom. The van der Waals surface area contributed by atoms with Gasteiger partial charge in [-0.3, -0.25) is 4.79 Å². The molecule has 1 N–H and O–H groups in total. The zero-order valence-corrected chi connectivity index (χ0v) is 14.8. The van der Waals surface area contributed by atoms with E-state index in [4.69, 9.17) is 9.47 Å². The van der Waals surface area contributed by atoms with Gasteiger partial charge in [0.1, 0.15) is 11.5 Å². The number of amides is 1. The number of rotatable bonds is 7. The molecule has 0 saturated heterocycles. The number of carbonyl (C=O) groups is 1. The molecule has 0 aliphatic rings. The molecule has 4 nitrogen and oxygen atoms in total. The monoisotopic (exact) mass is 327 g/mol. The Bertz CT molecular complexity index is 695. The Hall–Kier alpha value is -2.49. The van der Waals surface area contributed by atoms with Crippen LogP contribution in [0, 0.1) is 19.8 Å². The minimum absolute atomic E-state index is 0.0389. The highest BCUT2D eigenvalue weighted by molar-refractivity contribution is 5.93. The van der Waals surface area contributed by atoms with Gasteiger partial charge in [-0.1, -0.05) is 38.1 Å². The number of hydrogen-bond donors (Lipinski definition) is 1. The van der Waals surface area contributed by atoms with Crippen molar-refractivity contribution in [3.05, 3.63) is 53.6 Å². The van der Waals surface area contributed by atoms with Crippen LogP contribution in [0.5, 0.6) is 11.5 Å². The number of ether oxygens (including phenoxy) is 2. The highest BCUT2D eigenvalue weighted by atomic mass is 16.5. The first kappa shape index (κ1) is 17.9. The molecule has 0 bridgehead atoms. The highest BCUT2D eigenvalue weighted by Gasteiger charge is 2.10. The van der Waals surface area contributed by atoms with E-state index in [-0.39, 0.29) is 12.5 Å². The molecule has 0 unspecified atom stereocenters. The van der Waals surface area contributed by atoms with Gasteiger partial charge in [-0.25, -0.2) is 0 Å². The van der Waals surface area contributed by atoms with Gasteiger partial charge in [0, 0.05) is 0 Å². The molecule has 0 aromatic heterocycles. The lowest BCUT2D eigenvalue weighted by Crippen LogP contribution is -2.21. The van der Waals surface area contributed by atoms with Crippen molar-refractivity contribution in [1.29, 1.82) is 0 Å². The van der Waals surface area contributed by atoms with E-state index >= 15 is 0 Å². The number of para-hydroxylation sites is 2. The molecule has 0 saturated carbocycles. The van der Waals surface area contributed by atoms with Gasteiger partial charge >= 0.3 is 0 Å². The maximum atomic E-state index is 12.2. The fourth-order valence-corrected chi connectivity index (χ4v) is 2.16. The fourth-order valence-electron chi connectivity index (χ4n) is 2.16.